The van der Waals surface area contributed by atoms with Gasteiger partial charge in [0.2, 0.25) is 0 Å². The van der Waals surface area contributed by atoms with Gasteiger partial charge in [-0.05, 0) is 37.0 Å². The van der Waals surface area contributed by atoms with Crippen molar-refractivity contribution in [3.8, 4) is 0 Å². The summed E-state index contributed by atoms with van der Waals surface area (Å²) in [5.74, 6) is 1.57. The van der Waals surface area contributed by atoms with Gasteiger partial charge in [-0.15, -0.1) is 0 Å². The predicted octanol–water partition coefficient (Wildman–Crippen LogP) is 3.28. The smallest absolute Gasteiger partial charge is 0.274 e. The van der Waals surface area contributed by atoms with Gasteiger partial charge in [-0.2, -0.15) is 16.9 Å². The minimum atomic E-state index is 0.0419. The summed E-state index contributed by atoms with van der Waals surface area (Å²) < 4.78 is 0. The van der Waals surface area contributed by atoms with E-state index in [1.54, 1.807) is 0 Å². The molecule has 5 heteroatoms. The van der Waals surface area contributed by atoms with E-state index in [9.17, 15) is 4.79 Å². The molecule has 2 rings (SSSR count). The average molecular weight is 295 g/mol. The molecule has 0 aliphatic heterocycles. The van der Waals surface area contributed by atoms with Crippen LogP contribution in [0.3, 0.4) is 0 Å². The van der Waals surface area contributed by atoms with Crippen LogP contribution in [0, 0.1) is 0 Å². The molecule has 1 fully saturated rings. The predicted molar refractivity (Wildman–Crippen MR) is 84.3 cm³/mol. The number of aromatic amines is 1. The van der Waals surface area contributed by atoms with Crippen LogP contribution >= 0.6 is 11.8 Å². The van der Waals surface area contributed by atoms with Crippen molar-refractivity contribution in [1.82, 2.24) is 15.1 Å². The second-order valence-electron chi connectivity index (χ2n) is 5.82. The van der Waals surface area contributed by atoms with E-state index >= 15 is 0 Å². The van der Waals surface area contributed by atoms with Crippen molar-refractivity contribution in [3.63, 3.8) is 0 Å². The first kappa shape index (κ1) is 15.4. The van der Waals surface area contributed by atoms with Crippen LogP contribution in [0.1, 0.15) is 62.1 Å². The van der Waals surface area contributed by atoms with Crippen molar-refractivity contribution >= 4 is 17.7 Å². The molecule has 1 aromatic heterocycles. The van der Waals surface area contributed by atoms with Gasteiger partial charge < -0.3 is 4.90 Å². The number of hydrogen-bond acceptors (Lipinski definition) is 3. The second kappa shape index (κ2) is 6.66. The van der Waals surface area contributed by atoms with E-state index in [-0.39, 0.29) is 5.91 Å². The molecule has 1 saturated carbocycles. The summed E-state index contributed by atoms with van der Waals surface area (Å²) in [6.07, 6.45) is 3.45. The Balaban J connectivity index is 1.98. The van der Waals surface area contributed by atoms with Crippen molar-refractivity contribution in [2.24, 2.45) is 0 Å². The summed E-state index contributed by atoms with van der Waals surface area (Å²) in [5, 5.41) is 7.84. The van der Waals surface area contributed by atoms with E-state index in [1.165, 1.54) is 6.42 Å². The third kappa shape index (κ3) is 3.37. The second-order valence-corrected chi connectivity index (χ2v) is 7.40. The fourth-order valence-corrected chi connectivity index (χ4v) is 3.88. The summed E-state index contributed by atoms with van der Waals surface area (Å²) in [6, 6.07) is 2.25. The summed E-state index contributed by atoms with van der Waals surface area (Å²) in [6.45, 7) is 6.38. The number of nitrogens with zero attached hydrogens (tertiary/aromatic N) is 2. The molecule has 112 valence electrons. The first-order valence-corrected chi connectivity index (χ1v) is 8.51. The number of nitrogens with one attached hydrogen (secondary N) is 1. The third-order valence-corrected chi connectivity index (χ3v) is 5.30. The third-order valence-electron chi connectivity index (χ3n) is 4.07. The van der Waals surface area contributed by atoms with E-state index < -0.39 is 0 Å². The number of aromatic nitrogens is 2. The molecule has 0 spiro atoms. The Morgan fingerprint density at radius 2 is 2.30 bits per heavy atom. The van der Waals surface area contributed by atoms with E-state index in [0.29, 0.717) is 22.9 Å². The molecular weight excluding hydrogens is 270 g/mol. The maximum atomic E-state index is 12.5. The topological polar surface area (TPSA) is 49.0 Å². The molecule has 0 saturated heterocycles. The van der Waals surface area contributed by atoms with Crippen molar-refractivity contribution in [3.05, 3.63) is 17.5 Å². The molecule has 20 heavy (non-hydrogen) atoms. The molecule has 1 aliphatic carbocycles. The molecule has 0 aromatic carbocycles. The molecule has 2 atom stereocenters. The lowest BCUT2D eigenvalue weighted by atomic mass is 10.1. The summed E-state index contributed by atoms with van der Waals surface area (Å²) >= 11 is 2.02. The Morgan fingerprint density at radius 3 is 2.90 bits per heavy atom. The number of thioether (sulfide) groups is 1. The van der Waals surface area contributed by atoms with Crippen LogP contribution in [0.25, 0.3) is 0 Å². The Kier molecular flexibility index (Phi) is 5.13. The van der Waals surface area contributed by atoms with Crippen LogP contribution in [-0.2, 0) is 0 Å². The van der Waals surface area contributed by atoms with Crippen molar-refractivity contribution in [1.29, 1.82) is 0 Å². The lowest BCUT2D eigenvalue weighted by Crippen LogP contribution is -2.35. The minimum absolute atomic E-state index is 0.0419. The van der Waals surface area contributed by atoms with Crippen LogP contribution in [0.4, 0.5) is 0 Å². The molecule has 1 aliphatic rings. The van der Waals surface area contributed by atoms with Crippen LogP contribution in [0.15, 0.2) is 6.07 Å². The molecule has 1 heterocycles. The summed E-state index contributed by atoms with van der Waals surface area (Å²) in [5.41, 5.74) is 1.57. The molecular formula is C15H25N3OS. The van der Waals surface area contributed by atoms with Gasteiger partial charge in [0.15, 0.2) is 0 Å². The zero-order chi connectivity index (χ0) is 14.7. The van der Waals surface area contributed by atoms with Crippen LogP contribution in [0.5, 0.6) is 0 Å². The summed E-state index contributed by atoms with van der Waals surface area (Å²) in [7, 11) is 1.91. The van der Waals surface area contributed by atoms with Gasteiger partial charge in [0, 0.05) is 24.0 Å². The highest BCUT2D eigenvalue weighted by atomic mass is 32.2. The van der Waals surface area contributed by atoms with E-state index in [4.69, 9.17) is 0 Å². The lowest BCUT2D eigenvalue weighted by molar-refractivity contribution is 0.0729. The first-order valence-electron chi connectivity index (χ1n) is 7.47. The number of H-pyrrole nitrogens is 1. The number of carbonyl (C=O) groups excluding carboxylic acids is 1. The monoisotopic (exact) mass is 295 g/mol. The molecule has 1 aromatic rings. The Bertz CT molecular complexity index is 458. The van der Waals surface area contributed by atoms with E-state index in [0.717, 1.165) is 24.3 Å². The van der Waals surface area contributed by atoms with Gasteiger partial charge in [-0.25, -0.2) is 0 Å². The zero-order valence-corrected chi connectivity index (χ0v) is 13.7. The fraction of sp³-hybridized carbons (Fsp3) is 0.733. The van der Waals surface area contributed by atoms with Crippen LogP contribution in [0.2, 0.25) is 0 Å². The normalized spacial score (nSPS) is 22.4. The SMILES string of the molecule is CCS[C@H]1CC[C@H](N(C)C(=O)c2cc(C(C)C)[nH]n2)C1. The van der Waals surface area contributed by atoms with Crippen LogP contribution < -0.4 is 0 Å². The number of carbonyl (C=O) groups is 1. The zero-order valence-electron chi connectivity index (χ0n) is 12.8. The van der Waals surface area contributed by atoms with Gasteiger partial charge in [-0.3, -0.25) is 9.89 Å². The highest BCUT2D eigenvalue weighted by Crippen LogP contribution is 2.32. The molecule has 1 N–H and O–H groups in total. The maximum absolute atomic E-state index is 12.5. The Labute approximate surface area is 125 Å². The average Bonchev–Trinajstić information content (AvgIpc) is 3.06. The van der Waals surface area contributed by atoms with Crippen molar-refractivity contribution in [2.75, 3.05) is 12.8 Å². The van der Waals surface area contributed by atoms with E-state index in [2.05, 4.69) is 31.0 Å². The van der Waals surface area contributed by atoms with Gasteiger partial charge >= 0.3 is 0 Å². The number of amides is 1. The lowest BCUT2D eigenvalue weighted by Gasteiger charge is -2.23. The van der Waals surface area contributed by atoms with Gasteiger partial charge in [0.05, 0.1) is 0 Å². The quantitative estimate of drug-likeness (QED) is 0.907. The molecule has 1 amide bonds. The van der Waals surface area contributed by atoms with E-state index in [1.807, 2.05) is 29.8 Å². The largest absolute Gasteiger partial charge is 0.337 e. The summed E-state index contributed by atoms with van der Waals surface area (Å²) in [4.78, 5) is 14.4. The van der Waals surface area contributed by atoms with Crippen molar-refractivity contribution in [2.45, 2.75) is 57.2 Å². The molecule has 4 nitrogen and oxygen atoms in total. The highest BCUT2D eigenvalue weighted by Gasteiger charge is 2.31. The van der Waals surface area contributed by atoms with Gasteiger partial charge in [-0.1, -0.05) is 20.8 Å². The molecule has 0 bridgehead atoms. The van der Waals surface area contributed by atoms with Crippen LogP contribution in [-0.4, -0.2) is 45.1 Å². The van der Waals surface area contributed by atoms with Crippen molar-refractivity contribution < 1.29 is 4.79 Å². The Hall–Kier alpha value is -0.970. The Morgan fingerprint density at radius 1 is 1.55 bits per heavy atom. The first-order chi connectivity index (χ1) is 9.52. The molecule has 0 radical (unpaired) electrons. The van der Waals surface area contributed by atoms with Gasteiger partial charge in [0.25, 0.3) is 5.91 Å². The maximum Gasteiger partial charge on any atom is 0.274 e. The minimum Gasteiger partial charge on any atom is -0.337 e. The standard InChI is InChI=1S/C15H25N3OS/c1-5-20-12-7-6-11(8-12)18(4)15(19)14-9-13(10(2)3)16-17-14/h9-12H,5-8H2,1-4H3,(H,16,17)/t11-,12-/m0/s1. The number of hydrogen-bond donors (Lipinski definition) is 1. The van der Waals surface area contributed by atoms with Gasteiger partial charge in [0.1, 0.15) is 5.69 Å². The fourth-order valence-electron chi connectivity index (χ4n) is 2.74. The molecule has 0 unspecified atom stereocenters. The highest BCUT2D eigenvalue weighted by molar-refractivity contribution is 7.99. The number of rotatable bonds is 5.